The first-order valence-corrected chi connectivity index (χ1v) is 4.29. The molecule has 0 aliphatic carbocycles. The van der Waals surface area contributed by atoms with E-state index in [4.69, 9.17) is 10.8 Å². The number of carboxylic acid groups (broad SMARTS) is 1. The number of carboxylic acids is 1. The van der Waals surface area contributed by atoms with Crippen molar-refractivity contribution in [3.8, 4) is 5.88 Å². The zero-order valence-corrected chi connectivity index (χ0v) is 8.41. The lowest BCUT2D eigenvalue weighted by Gasteiger charge is -2.11. The number of aliphatic carboxylic acids is 1. The molecule has 0 atom stereocenters. The Morgan fingerprint density at radius 1 is 1.69 bits per heavy atom. The van der Waals surface area contributed by atoms with E-state index in [1.54, 1.807) is 0 Å². The molecule has 0 saturated carbocycles. The minimum absolute atomic E-state index is 0.0676. The SMILES string of the molecule is COc1cc(C(F)F)c(CC(=O)O)c(N)n1. The molecule has 0 saturated heterocycles. The third-order valence-corrected chi connectivity index (χ3v) is 1.94. The van der Waals surface area contributed by atoms with Gasteiger partial charge in [0.25, 0.3) is 6.43 Å². The van der Waals surface area contributed by atoms with Crippen molar-refractivity contribution in [1.82, 2.24) is 4.98 Å². The molecule has 0 bridgehead atoms. The molecular weight excluding hydrogens is 222 g/mol. The summed E-state index contributed by atoms with van der Waals surface area (Å²) in [7, 11) is 1.26. The van der Waals surface area contributed by atoms with Crippen LogP contribution in [0, 0.1) is 0 Å². The average Bonchev–Trinajstić information content (AvgIpc) is 2.19. The van der Waals surface area contributed by atoms with E-state index in [1.165, 1.54) is 7.11 Å². The van der Waals surface area contributed by atoms with E-state index in [-0.39, 0.29) is 17.3 Å². The van der Waals surface area contributed by atoms with Crippen molar-refractivity contribution in [1.29, 1.82) is 0 Å². The van der Waals surface area contributed by atoms with Gasteiger partial charge in [-0.3, -0.25) is 4.79 Å². The van der Waals surface area contributed by atoms with Crippen LogP contribution in [0.1, 0.15) is 17.6 Å². The van der Waals surface area contributed by atoms with Crippen LogP contribution < -0.4 is 10.5 Å². The van der Waals surface area contributed by atoms with Gasteiger partial charge in [0.2, 0.25) is 5.88 Å². The van der Waals surface area contributed by atoms with Gasteiger partial charge in [0, 0.05) is 17.2 Å². The Morgan fingerprint density at radius 2 is 2.31 bits per heavy atom. The van der Waals surface area contributed by atoms with Crippen molar-refractivity contribution in [3.05, 3.63) is 17.2 Å². The number of nitrogens with zero attached hydrogens (tertiary/aromatic N) is 1. The molecular formula is C9H10F2N2O3. The lowest BCUT2D eigenvalue weighted by molar-refractivity contribution is -0.136. The second-order valence-electron chi connectivity index (χ2n) is 2.99. The Labute approximate surface area is 89.9 Å². The van der Waals surface area contributed by atoms with Crippen molar-refractivity contribution >= 4 is 11.8 Å². The van der Waals surface area contributed by atoms with Crippen LogP contribution in [0.5, 0.6) is 5.88 Å². The van der Waals surface area contributed by atoms with Crippen LogP contribution in [-0.2, 0) is 11.2 Å². The van der Waals surface area contributed by atoms with Gasteiger partial charge in [-0.15, -0.1) is 0 Å². The highest BCUT2D eigenvalue weighted by Gasteiger charge is 2.20. The maximum Gasteiger partial charge on any atom is 0.307 e. The molecule has 16 heavy (non-hydrogen) atoms. The minimum Gasteiger partial charge on any atom is -0.481 e. The van der Waals surface area contributed by atoms with E-state index in [9.17, 15) is 13.6 Å². The predicted octanol–water partition coefficient (Wildman–Crippen LogP) is 1.24. The zero-order valence-electron chi connectivity index (χ0n) is 8.41. The number of hydrogen-bond donors (Lipinski definition) is 2. The van der Waals surface area contributed by atoms with Gasteiger partial charge in [0.15, 0.2) is 0 Å². The quantitative estimate of drug-likeness (QED) is 0.815. The van der Waals surface area contributed by atoms with E-state index >= 15 is 0 Å². The molecule has 0 fully saturated rings. The van der Waals surface area contributed by atoms with E-state index in [0.29, 0.717) is 0 Å². The molecule has 0 aliphatic rings. The van der Waals surface area contributed by atoms with E-state index in [1.807, 2.05) is 0 Å². The molecule has 0 amide bonds. The molecule has 3 N–H and O–H groups in total. The fourth-order valence-corrected chi connectivity index (χ4v) is 1.23. The molecule has 1 aromatic heterocycles. The summed E-state index contributed by atoms with van der Waals surface area (Å²) < 4.78 is 30.0. The molecule has 0 spiro atoms. The normalized spacial score (nSPS) is 10.5. The number of nitrogen functional groups attached to an aromatic ring is 1. The lowest BCUT2D eigenvalue weighted by Crippen LogP contribution is -2.10. The summed E-state index contributed by atoms with van der Waals surface area (Å²) in [6, 6.07) is 0.985. The summed E-state index contributed by atoms with van der Waals surface area (Å²) in [5, 5.41) is 8.56. The van der Waals surface area contributed by atoms with Crippen LogP contribution in [0.3, 0.4) is 0 Å². The first-order valence-electron chi connectivity index (χ1n) is 4.29. The van der Waals surface area contributed by atoms with Gasteiger partial charge < -0.3 is 15.6 Å². The summed E-state index contributed by atoms with van der Waals surface area (Å²) in [4.78, 5) is 14.1. The molecule has 1 rings (SSSR count). The van der Waals surface area contributed by atoms with Crippen LogP contribution in [0.2, 0.25) is 0 Å². The summed E-state index contributed by atoms with van der Waals surface area (Å²) >= 11 is 0. The fraction of sp³-hybridized carbons (Fsp3) is 0.333. The van der Waals surface area contributed by atoms with Crippen LogP contribution in [0.4, 0.5) is 14.6 Å². The molecule has 0 unspecified atom stereocenters. The van der Waals surface area contributed by atoms with E-state index < -0.39 is 24.4 Å². The van der Waals surface area contributed by atoms with Gasteiger partial charge >= 0.3 is 5.97 Å². The number of ether oxygens (including phenoxy) is 1. The average molecular weight is 232 g/mol. The number of pyridine rings is 1. The third kappa shape index (κ3) is 2.56. The third-order valence-electron chi connectivity index (χ3n) is 1.94. The Balaban J connectivity index is 3.27. The maximum atomic E-state index is 12.6. The molecule has 0 aromatic carbocycles. The fourth-order valence-electron chi connectivity index (χ4n) is 1.23. The molecule has 88 valence electrons. The smallest absolute Gasteiger partial charge is 0.307 e. The summed E-state index contributed by atoms with van der Waals surface area (Å²) in [5.41, 5.74) is 4.75. The number of hydrogen-bond acceptors (Lipinski definition) is 4. The Bertz CT molecular complexity index is 410. The van der Waals surface area contributed by atoms with E-state index in [0.717, 1.165) is 6.07 Å². The molecule has 0 radical (unpaired) electrons. The topological polar surface area (TPSA) is 85.4 Å². The number of halogens is 2. The first-order chi connectivity index (χ1) is 7.45. The largest absolute Gasteiger partial charge is 0.481 e. The summed E-state index contributed by atoms with van der Waals surface area (Å²) in [6.07, 6.45) is -3.42. The Hall–Kier alpha value is -1.92. The zero-order chi connectivity index (χ0) is 12.3. The van der Waals surface area contributed by atoms with Gasteiger partial charge in [0.05, 0.1) is 13.5 Å². The summed E-state index contributed by atoms with van der Waals surface area (Å²) in [6.45, 7) is 0. The number of nitrogens with two attached hydrogens (primary N) is 1. The van der Waals surface area contributed by atoms with Gasteiger partial charge in [-0.25, -0.2) is 8.78 Å². The monoisotopic (exact) mass is 232 g/mol. The second kappa shape index (κ2) is 4.73. The lowest BCUT2D eigenvalue weighted by atomic mass is 10.1. The molecule has 5 nitrogen and oxygen atoms in total. The van der Waals surface area contributed by atoms with Crippen molar-refractivity contribution in [2.24, 2.45) is 0 Å². The number of anilines is 1. The highest BCUT2D eigenvalue weighted by Crippen LogP contribution is 2.29. The molecule has 1 aromatic rings. The molecule has 0 aliphatic heterocycles. The molecule has 1 heterocycles. The number of aromatic nitrogens is 1. The van der Waals surface area contributed by atoms with Crippen molar-refractivity contribution in [2.75, 3.05) is 12.8 Å². The van der Waals surface area contributed by atoms with Gasteiger partial charge in [0.1, 0.15) is 5.82 Å². The maximum absolute atomic E-state index is 12.6. The standard InChI is InChI=1S/C9H10F2N2O3/c1-16-6-2-4(8(10)11)5(3-7(14)15)9(12)13-6/h2,8H,3H2,1H3,(H2,12,13)(H,14,15). The minimum atomic E-state index is -2.83. The second-order valence-corrected chi connectivity index (χ2v) is 2.99. The van der Waals surface area contributed by atoms with Crippen molar-refractivity contribution in [2.45, 2.75) is 12.8 Å². The van der Waals surface area contributed by atoms with Crippen molar-refractivity contribution < 1.29 is 23.4 Å². The van der Waals surface area contributed by atoms with Gasteiger partial charge in [-0.05, 0) is 0 Å². The number of alkyl halides is 2. The van der Waals surface area contributed by atoms with Crippen LogP contribution >= 0.6 is 0 Å². The van der Waals surface area contributed by atoms with Crippen LogP contribution in [-0.4, -0.2) is 23.2 Å². The highest BCUT2D eigenvalue weighted by molar-refractivity contribution is 5.73. The highest BCUT2D eigenvalue weighted by atomic mass is 19.3. The van der Waals surface area contributed by atoms with Crippen LogP contribution in [0.25, 0.3) is 0 Å². The Morgan fingerprint density at radius 3 is 2.75 bits per heavy atom. The number of carbonyl (C=O) groups is 1. The number of methoxy groups -OCH3 is 1. The number of rotatable bonds is 4. The van der Waals surface area contributed by atoms with E-state index in [2.05, 4.69) is 9.72 Å². The summed E-state index contributed by atoms with van der Waals surface area (Å²) in [5.74, 6) is -1.57. The predicted molar refractivity (Wildman–Crippen MR) is 51.5 cm³/mol. The first kappa shape index (κ1) is 12.2. The van der Waals surface area contributed by atoms with Gasteiger partial charge in [-0.2, -0.15) is 4.98 Å². The van der Waals surface area contributed by atoms with Crippen molar-refractivity contribution in [3.63, 3.8) is 0 Å². The Kier molecular flexibility index (Phi) is 3.60. The molecule has 7 heteroatoms. The van der Waals surface area contributed by atoms with Gasteiger partial charge in [-0.1, -0.05) is 0 Å². The van der Waals surface area contributed by atoms with Crippen LogP contribution in [0.15, 0.2) is 6.07 Å².